The molecule has 0 saturated carbocycles. The topological polar surface area (TPSA) is 39.2 Å². The van der Waals surface area contributed by atoms with E-state index in [4.69, 9.17) is 16.3 Å². The van der Waals surface area contributed by atoms with Crippen LogP contribution in [-0.4, -0.2) is 86.4 Å². The first-order valence-electron chi connectivity index (χ1n) is 8.08. The van der Waals surface area contributed by atoms with Crippen molar-refractivity contribution in [1.82, 2.24) is 14.7 Å². The molecular formula is C17H28ClN3O2. The standard InChI is InChI=1S/C17H28ClN3O2/c1-19-6-8-21(9-7-19)13-16(22)12-20(2)11-14-10-15(18)4-5-17(14)23-3/h4-5,10,16,22H,6-9,11-13H2,1-3H3. The number of ether oxygens (including phenoxy) is 1. The number of rotatable bonds is 7. The molecule has 2 rings (SSSR count). The smallest absolute Gasteiger partial charge is 0.123 e. The number of hydrogen-bond donors (Lipinski definition) is 1. The Labute approximate surface area is 144 Å². The second-order valence-corrected chi connectivity index (χ2v) is 6.85. The second-order valence-electron chi connectivity index (χ2n) is 6.41. The molecule has 1 unspecified atom stereocenters. The fourth-order valence-electron chi connectivity index (χ4n) is 2.97. The summed E-state index contributed by atoms with van der Waals surface area (Å²) in [6, 6.07) is 5.63. The van der Waals surface area contributed by atoms with Crippen LogP contribution in [0.15, 0.2) is 18.2 Å². The van der Waals surface area contributed by atoms with E-state index in [9.17, 15) is 5.11 Å². The maximum atomic E-state index is 10.3. The predicted octanol–water partition coefficient (Wildman–Crippen LogP) is 1.39. The number of piperazine rings is 1. The van der Waals surface area contributed by atoms with Gasteiger partial charge >= 0.3 is 0 Å². The van der Waals surface area contributed by atoms with Gasteiger partial charge in [0.25, 0.3) is 0 Å². The van der Waals surface area contributed by atoms with Crippen LogP contribution in [0.2, 0.25) is 5.02 Å². The van der Waals surface area contributed by atoms with Gasteiger partial charge in [-0.2, -0.15) is 0 Å². The zero-order chi connectivity index (χ0) is 16.8. The third-order valence-corrected chi connectivity index (χ3v) is 4.51. The van der Waals surface area contributed by atoms with Crippen molar-refractivity contribution in [3.63, 3.8) is 0 Å². The van der Waals surface area contributed by atoms with Crippen LogP contribution in [0.5, 0.6) is 5.75 Å². The Morgan fingerprint density at radius 1 is 1.30 bits per heavy atom. The highest BCUT2D eigenvalue weighted by atomic mass is 35.5. The van der Waals surface area contributed by atoms with Crippen molar-refractivity contribution in [2.45, 2.75) is 12.6 Å². The van der Waals surface area contributed by atoms with E-state index in [1.54, 1.807) is 7.11 Å². The molecule has 1 aromatic rings. The molecule has 1 heterocycles. The van der Waals surface area contributed by atoms with E-state index in [1.165, 1.54) is 0 Å². The monoisotopic (exact) mass is 341 g/mol. The lowest BCUT2D eigenvalue weighted by atomic mass is 10.2. The van der Waals surface area contributed by atoms with Crippen molar-refractivity contribution >= 4 is 11.6 Å². The molecule has 130 valence electrons. The van der Waals surface area contributed by atoms with Gasteiger partial charge < -0.3 is 14.7 Å². The summed E-state index contributed by atoms with van der Waals surface area (Å²) in [5.41, 5.74) is 1.04. The lowest BCUT2D eigenvalue weighted by Crippen LogP contribution is -2.48. The molecular weight excluding hydrogens is 314 g/mol. The van der Waals surface area contributed by atoms with Gasteiger partial charge in [-0.3, -0.25) is 9.80 Å². The molecule has 6 heteroatoms. The molecule has 0 bridgehead atoms. The average Bonchev–Trinajstić information content (AvgIpc) is 2.49. The van der Waals surface area contributed by atoms with Crippen LogP contribution in [0, 0.1) is 0 Å². The average molecular weight is 342 g/mol. The molecule has 1 aromatic carbocycles. The van der Waals surface area contributed by atoms with Gasteiger partial charge in [-0.05, 0) is 32.3 Å². The SMILES string of the molecule is COc1ccc(Cl)cc1CN(C)CC(O)CN1CCN(C)CC1. The minimum atomic E-state index is -0.353. The normalized spacial score (nSPS) is 18.3. The summed E-state index contributed by atoms with van der Waals surface area (Å²) in [4.78, 5) is 6.76. The third-order valence-electron chi connectivity index (χ3n) is 4.27. The number of aliphatic hydroxyl groups excluding tert-OH is 1. The van der Waals surface area contributed by atoms with Gasteiger partial charge in [0, 0.05) is 56.4 Å². The Morgan fingerprint density at radius 2 is 2.00 bits per heavy atom. The minimum absolute atomic E-state index is 0.353. The highest BCUT2D eigenvalue weighted by Gasteiger charge is 2.18. The molecule has 1 aliphatic heterocycles. The molecule has 1 aliphatic rings. The molecule has 1 saturated heterocycles. The third kappa shape index (κ3) is 5.94. The van der Waals surface area contributed by atoms with Crippen LogP contribution in [-0.2, 0) is 6.54 Å². The van der Waals surface area contributed by atoms with Crippen LogP contribution >= 0.6 is 11.6 Å². The highest BCUT2D eigenvalue weighted by Crippen LogP contribution is 2.23. The van der Waals surface area contributed by atoms with E-state index >= 15 is 0 Å². The van der Waals surface area contributed by atoms with Crippen LogP contribution in [0.1, 0.15) is 5.56 Å². The fraction of sp³-hybridized carbons (Fsp3) is 0.647. The lowest BCUT2D eigenvalue weighted by Gasteiger charge is -2.34. The van der Waals surface area contributed by atoms with E-state index in [1.807, 2.05) is 25.2 Å². The first-order chi connectivity index (χ1) is 11.0. The number of halogens is 1. The van der Waals surface area contributed by atoms with E-state index in [-0.39, 0.29) is 6.10 Å². The molecule has 1 fully saturated rings. The van der Waals surface area contributed by atoms with E-state index in [2.05, 4.69) is 21.7 Å². The van der Waals surface area contributed by atoms with Crippen LogP contribution in [0.25, 0.3) is 0 Å². The van der Waals surface area contributed by atoms with Crippen molar-refractivity contribution < 1.29 is 9.84 Å². The molecule has 0 amide bonds. The Hall–Kier alpha value is -0.850. The van der Waals surface area contributed by atoms with Gasteiger partial charge in [0.1, 0.15) is 5.75 Å². The van der Waals surface area contributed by atoms with Crippen LogP contribution < -0.4 is 4.74 Å². The first kappa shape index (κ1) is 18.5. The summed E-state index contributed by atoms with van der Waals surface area (Å²) >= 11 is 6.07. The van der Waals surface area contributed by atoms with E-state index in [0.29, 0.717) is 18.1 Å². The first-order valence-corrected chi connectivity index (χ1v) is 8.45. The maximum Gasteiger partial charge on any atom is 0.123 e. The van der Waals surface area contributed by atoms with Crippen molar-refractivity contribution in [1.29, 1.82) is 0 Å². The van der Waals surface area contributed by atoms with Crippen LogP contribution in [0.4, 0.5) is 0 Å². The molecule has 0 aromatic heterocycles. The number of benzene rings is 1. The predicted molar refractivity (Wildman–Crippen MR) is 94.3 cm³/mol. The van der Waals surface area contributed by atoms with Gasteiger partial charge in [-0.25, -0.2) is 0 Å². The van der Waals surface area contributed by atoms with Gasteiger partial charge in [-0.15, -0.1) is 0 Å². The van der Waals surface area contributed by atoms with Crippen molar-refractivity contribution in [3.8, 4) is 5.75 Å². The summed E-state index contributed by atoms with van der Waals surface area (Å²) < 4.78 is 5.38. The summed E-state index contributed by atoms with van der Waals surface area (Å²) in [6.07, 6.45) is -0.353. The fourth-order valence-corrected chi connectivity index (χ4v) is 3.17. The Morgan fingerprint density at radius 3 is 2.65 bits per heavy atom. The molecule has 0 spiro atoms. The number of aliphatic hydroxyl groups is 1. The zero-order valence-electron chi connectivity index (χ0n) is 14.3. The highest BCUT2D eigenvalue weighted by molar-refractivity contribution is 6.30. The summed E-state index contributed by atoms with van der Waals surface area (Å²) in [7, 11) is 5.81. The molecule has 0 radical (unpaired) electrons. The Balaban J connectivity index is 1.82. The van der Waals surface area contributed by atoms with Crippen molar-refractivity contribution in [2.75, 3.05) is 60.5 Å². The zero-order valence-corrected chi connectivity index (χ0v) is 15.1. The largest absolute Gasteiger partial charge is 0.496 e. The molecule has 5 nitrogen and oxygen atoms in total. The van der Waals surface area contributed by atoms with Crippen LogP contribution in [0.3, 0.4) is 0 Å². The van der Waals surface area contributed by atoms with E-state index < -0.39 is 0 Å². The van der Waals surface area contributed by atoms with Crippen molar-refractivity contribution in [2.24, 2.45) is 0 Å². The van der Waals surface area contributed by atoms with Crippen molar-refractivity contribution in [3.05, 3.63) is 28.8 Å². The number of hydrogen-bond acceptors (Lipinski definition) is 5. The summed E-state index contributed by atoms with van der Waals surface area (Å²) in [5.74, 6) is 0.829. The number of nitrogens with zero attached hydrogens (tertiary/aromatic N) is 3. The summed E-state index contributed by atoms with van der Waals surface area (Å²) in [6.45, 7) is 6.25. The minimum Gasteiger partial charge on any atom is -0.496 e. The quantitative estimate of drug-likeness (QED) is 0.811. The molecule has 1 atom stereocenters. The lowest BCUT2D eigenvalue weighted by molar-refractivity contribution is 0.0592. The van der Waals surface area contributed by atoms with Gasteiger partial charge in [0.15, 0.2) is 0 Å². The maximum absolute atomic E-state index is 10.3. The number of methoxy groups -OCH3 is 1. The molecule has 0 aliphatic carbocycles. The molecule has 23 heavy (non-hydrogen) atoms. The molecule has 1 N–H and O–H groups in total. The summed E-state index contributed by atoms with van der Waals surface area (Å²) in [5, 5.41) is 11.0. The van der Waals surface area contributed by atoms with Gasteiger partial charge in [0.2, 0.25) is 0 Å². The van der Waals surface area contributed by atoms with E-state index in [0.717, 1.165) is 44.0 Å². The number of likely N-dealkylation sites (N-methyl/N-ethyl adjacent to an activating group) is 2. The Bertz CT molecular complexity index is 493. The van der Waals surface area contributed by atoms with Gasteiger partial charge in [-0.1, -0.05) is 11.6 Å². The van der Waals surface area contributed by atoms with Gasteiger partial charge in [0.05, 0.1) is 13.2 Å². The Kier molecular flexibility index (Phi) is 7.11. The number of β-amino-alcohol motifs (C(OH)–C–C–N with tert-alkyl or cyclic N) is 1. The second kappa shape index (κ2) is 8.85.